The predicted molar refractivity (Wildman–Crippen MR) is 71.5 cm³/mol. The predicted octanol–water partition coefficient (Wildman–Crippen LogP) is 2.22. The van der Waals surface area contributed by atoms with E-state index in [4.69, 9.17) is 9.29 Å². The molecule has 1 rings (SSSR count). The zero-order valence-corrected chi connectivity index (χ0v) is 11.7. The lowest BCUT2D eigenvalue weighted by Gasteiger charge is -2.03. The average molecular weight is 306 g/mol. The Morgan fingerprint density at radius 3 is 2.30 bits per heavy atom. The summed E-state index contributed by atoms with van der Waals surface area (Å²) in [5, 5.41) is 21.2. The molecule has 112 valence electrons. The highest BCUT2D eigenvalue weighted by Crippen LogP contribution is 2.25. The Morgan fingerprint density at radius 1 is 1.25 bits per heavy atom. The third kappa shape index (κ3) is 5.82. The van der Waals surface area contributed by atoms with Gasteiger partial charge < -0.3 is 9.29 Å². The maximum Gasteiger partial charge on any atom is 0.281 e. The van der Waals surface area contributed by atoms with Crippen LogP contribution in [-0.4, -0.2) is 24.5 Å². The maximum absolute atomic E-state index is 10.7. The van der Waals surface area contributed by atoms with Crippen LogP contribution in [0.4, 0.5) is 11.4 Å². The van der Waals surface area contributed by atoms with Gasteiger partial charge in [-0.3, -0.25) is 20.2 Å². The van der Waals surface area contributed by atoms with E-state index < -0.39 is 38.2 Å². The Kier molecular flexibility index (Phi) is 8.20. The van der Waals surface area contributed by atoms with Crippen molar-refractivity contribution in [2.75, 3.05) is 5.94 Å². The summed E-state index contributed by atoms with van der Waals surface area (Å²) in [6.07, 6.45) is 0. The fourth-order valence-corrected chi connectivity index (χ4v) is 1.41. The minimum absolute atomic E-state index is 0.0936. The summed E-state index contributed by atoms with van der Waals surface area (Å²) in [5.41, 5.74) is -0.778. The molecule has 0 saturated heterocycles. The van der Waals surface area contributed by atoms with E-state index in [1.807, 2.05) is 13.8 Å². The normalized spacial score (nSPS) is 11.2. The van der Waals surface area contributed by atoms with Gasteiger partial charge in [0, 0.05) is 6.07 Å². The maximum atomic E-state index is 10.7. The summed E-state index contributed by atoms with van der Waals surface area (Å²) in [6.45, 7) is 3.72. The van der Waals surface area contributed by atoms with E-state index in [-0.39, 0.29) is 12.2 Å². The molecule has 1 unspecified atom stereocenters. The molecular formula is C10H14N2O7S. The van der Waals surface area contributed by atoms with Crippen molar-refractivity contribution in [1.29, 1.82) is 0 Å². The molecule has 0 aliphatic heterocycles. The van der Waals surface area contributed by atoms with Crippen molar-refractivity contribution in [2.24, 2.45) is 0 Å². The lowest BCUT2D eigenvalue weighted by Crippen LogP contribution is -2.03. The summed E-state index contributed by atoms with van der Waals surface area (Å²) in [7, 11) is 0. The Morgan fingerprint density at radius 2 is 1.85 bits per heavy atom. The van der Waals surface area contributed by atoms with Crippen LogP contribution >= 0.6 is 0 Å². The number of non-ortho nitro benzene ring substituents is 1. The molecule has 0 saturated carbocycles. The first kappa shape index (κ1) is 18.1. The van der Waals surface area contributed by atoms with Crippen molar-refractivity contribution in [3.8, 4) is 0 Å². The molecule has 0 aromatic heterocycles. The SMILES string of the molecule is CC.O=[N+]([O-])c1ccc(COCS(=O)O)c([N+](=O)[O-])c1. The van der Waals surface area contributed by atoms with E-state index in [0.717, 1.165) is 12.1 Å². The van der Waals surface area contributed by atoms with Crippen LogP contribution in [0, 0.1) is 20.2 Å². The zero-order valence-electron chi connectivity index (χ0n) is 10.8. The summed E-state index contributed by atoms with van der Waals surface area (Å²) < 4.78 is 23.5. The molecular weight excluding hydrogens is 292 g/mol. The monoisotopic (exact) mass is 306 g/mol. The first-order valence-corrected chi connectivity index (χ1v) is 6.76. The molecule has 0 bridgehead atoms. The van der Waals surface area contributed by atoms with E-state index in [1.165, 1.54) is 6.07 Å². The highest BCUT2D eigenvalue weighted by Gasteiger charge is 2.19. The fourth-order valence-electron chi connectivity index (χ4n) is 1.18. The number of hydrogen-bond donors (Lipinski definition) is 1. The van der Waals surface area contributed by atoms with Crippen molar-refractivity contribution >= 4 is 22.5 Å². The lowest BCUT2D eigenvalue weighted by atomic mass is 10.2. The molecule has 0 heterocycles. The number of hydrogen-bond acceptors (Lipinski definition) is 6. The van der Waals surface area contributed by atoms with Crippen molar-refractivity contribution in [3.05, 3.63) is 44.0 Å². The van der Waals surface area contributed by atoms with Crippen LogP contribution in [0.5, 0.6) is 0 Å². The summed E-state index contributed by atoms with van der Waals surface area (Å²) in [4.78, 5) is 19.7. The standard InChI is InChI=1S/C8H8N2O7S.C2H6/c11-9(12)7-2-1-6(4-17-5-18(15)16)8(3-7)10(13)14;1-2/h1-3H,4-5H2,(H,15,16);1-2H3. The quantitative estimate of drug-likeness (QED) is 0.484. The van der Waals surface area contributed by atoms with Gasteiger partial charge in [-0.15, -0.1) is 0 Å². The van der Waals surface area contributed by atoms with Crippen LogP contribution in [-0.2, 0) is 22.4 Å². The third-order valence-electron chi connectivity index (χ3n) is 1.92. The molecule has 9 nitrogen and oxygen atoms in total. The van der Waals surface area contributed by atoms with E-state index in [1.54, 1.807) is 0 Å². The largest absolute Gasteiger partial charge is 0.361 e. The topological polar surface area (TPSA) is 133 Å². The zero-order chi connectivity index (χ0) is 15.7. The number of ether oxygens (including phenoxy) is 1. The highest BCUT2D eigenvalue weighted by atomic mass is 32.2. The number of benzene rings is 1. The van der Waals surface area contributed by atoms with E-state index in [9.17, 15) is 24.4 Å². The van der Waals surface area contributed by atoms with Gasteiger partial charge in [-0.25, -0.2) is 4.21 Å². The van der Waals surface area contributed by atoms with Gasteiger partial charge in [0.15, 0.2) is 11.1 Å². The molecule has 0 amide bonds. The molecule has 10 heteroatoms. The molecule has 0 aliphatic carbocycles. The van der Waals surface area contributed by atoms with Crippen molar-refractivity contribution in [3.63, 3.8) is 0 Å². The summed E-state index contributed by atoms with van der Waals surface area (Å²) >= 11 is -2.17. The Bertz CT molecular complexity index is 506. The van der Waals surface area contributed by atoms with Gasteiger partial charge >= 0.3 is 0 Å². The number of nitro benzene ring substituents is 2. The molecule has 1 aromatic rings. The van der Waals surface area contributed by atoms with Crippen LogP contribution in [0.25, 0.3) is 0 Å². The minimum atomic E-state index is -2.17. The van der Waals surface area contributed by atoms with E-state index >= 15 is 0 Å². The smallest absolute Gasteiger partial charge is 0.281 e. The first-order valence-electron chi connectivity index (χ1n) is 5.48. The molecule has 0 radical (unpaired) electrons. The Labute approximate surface area is 117 Å². The Balaban J connectivity index is 0.00000172. The second-order valence-corrected chi connectivity index (χ2v) is 3.99. The number of nitrogens with zero attached hydrogens (tertiary/aromatic N) is 2. The lowest BCUT2D eigenvalue weighted by molar-refractivity contribution is -0.394. The van der Waals surface area contributed by atoms with E-state index in [2.05, 4.69) is 0 Å². The third-order valence-corrected chi connectivity index (χ3v) is 2.29. The highest BCUT2D eigenvalue weighted by molar-refractivity contribution is 7.79. The van der Waals surface area contributed by atoms with Crippen molar-refractivity contribution in [2.45, 2.75) is 20.5 Å². The van der Waals surface area contributed by atoms with Crippen LogP contribution in [0.3, 0.4) is 0 Å². The summed E-state index contributed by atoms with van der Waals surface area (Å²) in [5.74, 6) is -0.492. The van der Waals surface area contributed by atoms with Gasteiger partial charge in [0.1, 0.15) is 5.94 Å². The summed E-state index contributed by atoms with van der Waals surface area (Å²) in [6, 6.07) is 3.09. The Hall–Kier alpha value is -1.91. The van der Waals surface area contributed by atoms with Crippen LogP contribution in [0.1, 0.15) is 19.4 Å². The average Bonchev–Trinajstić information content (AvgIpc) is 2.40. The van der Waals surface area contributed by atoms with Crippen LogP contribution in [0.15, 0.2) is 18.2 Å². The van der Waals surface area contributed by atoms with Gasteiger partial charge in [0.2, 0.25) is 0 Å². The molecule has 0 aliphatic rings. The van der Waals surface area contributed by atoms with Gasteiger partial charge in [-0.1, -0.05) is 13.8 Å². The van der Waals surface area contributed by atoms with Crippen LogP contribution in [0.2, 0.25) is 0 Å². The van der Waals surface area contributed by atoms with Gasteiger partial charge in [-0.2, -0.15) is 0 Å². The van der Waals surface area contributed by atoms with Crippen LogP contribution < -0.4 is 0 Å². The second-order valence-electron chi connectivity index (χ2n) is 3.12. The van der Waals surface area contributed by atoms with E-state index in [0.29, 0.717) is 0 Å². The number of rotatable bonds is 6. The van der Waals surface area contributed by atoms with Crippen molar-refractivity contribution in [1.82, 2.24) is 0 Å². The molecule has 1 N–H and O–H groups in total. The fraction of sp³-hybridized carbons (Fsp3) is 0.400. The van der Waals surface area contributed by atoms with Gasteiger partial charge in [-0.05, 0) is 6.07 Å². The molecule has 1 atom stereocenters. The molecule has 1 aromatic carbocycles. The molecule has 0 spiro atoms. The molecule has 20 heavy (non-hydrogen) atoms. The first-order chi connectivity index (χ1) is 9.41. The minimum Gasteiger partial charge on any atom is -0.361 e. The molecule has 0 fully saturated rings. The second kappa shape index (κ2) is 9.07. The van der Waals surface area contributed by atoms with Gasteiger partial charge in [0.25, 0.3) is 11.4 Å². The van der Waals surface area contributed by atoms with Crippen molar-refractivity contribution < 1.29 is 23.3 Å². The number of nitro groups is 2. The van der Waals surface area contributed by atoms with Gasteiger partial charge in [0.05, 0.1) is 28.1 Å².